The summed E-state index contributed by atoms with van der Waals surface area (Å²) in [4.78, 5) is 10.5. The van der Waals surface area contributed by atoms with Crippen LogP contribution < -0.4 is 0 Å². The number of aromatic carboxylic acids is 1. The molecule has 0 bridgehead atoms. The molecule has 0 spiro atoms. The third-order valence-corrected chi connectivity index (χ3v) is 2.17. The summed E-state index contributed by atoms with van der Waals surface area (Å²) in [5, 5.41) is 17.0. The van der Waals surface area contributed by atoms with Gasteiger partial charge in [-0.2, -0.15) is 5.26 Å². The normalized spacial score (nSPS) is 9.31. The molecule has 13 heavy (non-hydrogen) atoms. The lowest BCUT2D eigenvalue weighted by atomic mass is 10.1. The van der Waals surface area contributed by atoms with E-state index in [1.807, 2.05) is 0 Å². The molecule has 0 radical (unpaired) electrons. The number of benzene rings is 1. The molecule has 0 saturated carbocycles. The molecular weight excluding hydrogens is 288 g/mol. The molecule has 0 saturated heterocycles. The molecule has 0 atom stereocenters. The predicted molar refractivity (Wildman–Crippen MR) is 50.8 cm³/mol. The highest BCUT2D eigenvalue weighted by atomic mass is 127. The Kier molecular flexibility index (Phi) is 2.83. The summed E-state index contributed by atoms with van der Waals surface area (Å²) in [5.41, 5.74) is -0.327. The summed E-state index contributed by atoms with van der Waals surface area (Å²) in [7, 11) is 0. The van der Waals surface area contributed by atoms with Crippen LogP contribution in [0.4, 0.5) is 4.39 Å². The molecule has 1 N–H and O–H groups in total. The number of carboxylic acids is 1. The summed E-state index contributed by atoms with van der Waals surface area (Å²) >= 11 is 1.64. The fraction of sp³-hybridized carbons (Fsp3) is 0. The third-order valence-electron chi connectivity index (χ3n) is 1.39. The summed E-state index contributed by atoms with van der Waals surface area (Å²) in [6, 6.07) is 4.06. The molecule has 0 aliphatic rings. The molecule has 0 fully saturated rings. The van der Waals surface area contributed by atoms with Crippen molar-refractivity contribution >= 4 is 28.6 Å². The van der Waals surface area contributed by atoms with E-state index in [2.05, 4.69) is 0 Å². The zero-order valence-corrected chi connectivity index (χ0v) is 8.37. The molecule has 1 aromatic rings. The lowest BCUT2D eigenvalue weighted by molar-refractivity contribution is 0.0691. The van der Waals surface area contributed by atoms with Crippen LogP contribution in [0.2, 0.25) is 0 Å². The molecule has 0 aliphatic carbocycles. The Hall–Kier alpha value is -1.16. The minimum atomic E-state index is -1.37. The Morgan fingerprint density at radius 1 is 1.62 bits per heavy atom. The summed E-state index contributed by atoms with van der Waals surface area (Å²) < 4.78 is 13.2. The van der Waals surface area contributed by atoms with Gasteiger partial charge in [0.2, 0.25) is 0 Å². The van der Waals surface area contributed by atoms with E-state index in [4.69, 9.17) is 10.4 Å². The number of nitrogens with zero attached hydrogens (tertiary/aromatic N) is 1. The minimum Gasteiger partial charge on any atom is -0.478 e. The molecular formula is C8H3FINO2. The summed E-state index contributed by atoms with van der Waals surface area (Å²) in [6.45, 7) is 0. The van der Waals surface area contributed by atoms with Crippen LogP contribution in [0.3, 0.4) is 0 Å². The Morgan fingerprint density at radius 3 is 2.69 bits per heavy atom. The molecule has 1 rings (SSSR count). The second kappa shape index (κ2) is 3.70. The Morgan fingerprint density at radius 2 is 2.23 bits per heavy atom. The fourth-order valence-electron chi connectivity index (χ4n) is 0.809. The number of nitriles is 1. The van der Waals surface area contributed by atoms with Gasteiger partial charge in [0.05, 0.1) is 20.8 Å². The standard InChI is InChI=1S/C8H3FINO2/c9-7-5(8(12)13)1-4(3-11)2-6(7)10/h1-2H,(H,12,13). The first-order chi connectivity index (χ1) is 6.06. The lowest BCUT2D eigenvalue weighted by Crippen LogP contribution is -2.03. The molecule has 5 heteroatoms. The van der Waals surface area contributed by atoms with Gasteiger partial charge in [0.25, 0.3) is 0 Å². The summed E-state index contributed by atoms with van der Waals surface area (Å²) in [5.74, 6) is -2.17. The smallest absolute Gasteiger partial charge is 0.338 e. The number of carbonyl (C=O) groups is 1. The number of halogens is 2. The average molecular weight is 291 g/mol. The first kappa shape index (κ1) is 9.92. The second-order valence-electron chi connectivity index (χ2n) is 2.24. The van der Waals surface area contributed by atoms with Crippen LogP contribution in [-0.4, -0.2) is 11.1 Å². The monoisotopic (exact) mass is 291 g/mol. The maximum Gasteiger partial charge on any atom is 0.338 e. The largest absolute Gasteiger partial charge is 0.478 e. The van der Waals surface area contributed by atoms with Gasteiger partial charge in [-0.1, -0.05) is 0 Å². The van der Waals surface area contributed by atoms with Gasteiger partial charge < -0.3 is 5.11 Å². The molecule has 0 unspecified atom stereocenters. The van der Waals surface area contributed by atoms with Crippen molar-refractivity contribution in [1.29, 1.82) is 5.26 Å². The molecule has 0 amide bonds. The molecule has 0 aromatic heterocycles. The topological polar surface area (TPSA) is 61.1 Å². The van der Waals surface area contributed by atoms with Crippen molar-refractivity contribution in [3.05, 3.63) is 32.6 Å². The van der Waals surface area contributed by atoms with Gasteiger partial charge in [-0.15, -0.1) is 0 Å². The number of hydrogen-bond acceptors (Lipinski definition) is 2. The van der Waals surface area contributed by atoms with Crippen LogP contribution in [0.1, 0.15) is 15.9 Å². The van der Waals surface area contributed by atoms with Crippen molar-refractivity contribution in [1.82, 2.24) is 0 Å². The Bertz CT molecular complexity index is 411. The van der Waals surface area contributed by atoms with Crippen molar-refractivity contribution in [3.8, 4) is 6.07 Å². The number of rotatable bonds is 1. The molecule has 66 valence electrons. The molecule has 0 heterocycles. The van der Waals surface area contributed by atoms with Gasteiger partial charge in [-0.05, 0) is 34.7 Å². The zero-order valence-electron chi connectivity index (χ0n) is 6.21. The highest BCUT2D eigenvalue weighted by molar-refractivity contribution is 14.1. The molecule has 0 aliphatic heterocycles. The second-order valence-corrected chi connectivity index (χ2v) is 3.40. The average Bonchev–Trinajstić information content (AvgIpc) is 2.09. The van der Waals surface area contributed by atoms with Crippen molar-refractivity contribution in [3.63, 3.8) is 0 Å². The maximum absolute atomic E-state index is 13.1. The van der Waals surface area contributed by atoms with E-state index in [1.54, 1.807) is 28.7 Å². The molecule has 1 aromatic carbocycles. The van der Waals surface area contributed by atoms with Crippen molar-refractivity contribution in [2.75, 3.05) is 0 Å². The van der Waals surface area contributed by atoms with Crippen LogP contribution in [0, 0.1) is 20.7 Å². The minimum absolute atomic E-state index is 0.133. The van der Waals surface area contributed by atoms with Crippen molar-refractivity contribution in [2.24, 2.45) is 0 Å². The van der Waals surface area contributed by atoms with Crippen molar-refractivity contribution in [2.45, 2.75) is 0 Å². The van der Waals surface area contributed by atoms with Gasteiger partial charge in [0.1, 0.15) is 0 Å². The Labute approximate surface area is 86.9 Å². The Balaban J connectivity index is 3.44. The first-order valence-electron chi connectivity index (χ1n) is 3.18. The van der Waals surface area contributed by atoms with E-state index in [-0.39, 0.29) is 9.13 Å². The van der Waals surface area contributed by atoms with Gasteiger partial charge in [0, 0.05) is 0 Å². The van der Waals surface area contributed by atoms with E-state index in [1.165, 1.54) is 6.07 Å². The zero-order chi connectivity index (χ0) is 10.0. The highest BCUT2D eigenvalue weighted by Gasteiger charge is 2.14. The maximum atomic E-state index is 13.1. The van der Waals surface area contributed by atoms with Crippen LogP contribution in [-0.2, 0) is 0 Å². The van der Waals surface area contributed by atoms with Gasteiger partial charge in [-0.25, -0.2) is 9.18 Å². The van der Waals surface area contributed by atoms with Gasteiger partial charge in [0.15, 0.2) is 5.82 Å². The van der Waals surface area contributed by atoms with E-state index in [0.29, 0.717) is 0 Å². The van der Waals surface area contributed by atoms with Gasteiger partial charge >= 0.3 is 5.97 Å². The van der Waals surface area contributed by atoms with E-state index >= 15 is 0 Å². The highest BCUT2D eigenvalue weighted by Crippen LogP contribution is 2.17. The molecule has 3 nitrogen and oxygen atoms in total. The summed E-state index contributed by atoms with van der Waals surface area (Å²) in [6.07, 6.45) is 0. The SMILES string of the molecule is N#Cc1cc(I)c(F)c(C(=O)O)c1. The number of hydrogen-bond donors (Lipinski definition) is 1. The quantitative estimate of drug-likeness (QED) is 0.805. The van der Waals surface area contributed by atoms with Crippen molar-refractivity contribution < 1.29 is 14.3 Å². The van der Waals surface area contributed by atoms with E-state index in [9.17, 15) is 9.18 Å². The first-order valence-corrected chi connectivity index (χ1v) is 4.26. The van der Waals surface area contributed by atoms with Gasteiger partial charge in [-0.3, -0.25) is 0 Å². The van der Waals surface area contributed by atoms with E-state index < -0.39 is 17.3 Å². The van der Waals surface area contributed by atoms with Crippen LogP contribution in [0.5, 0.6) is 0 Å². The van der Waals surface area contributed by atoms with Crippen LogP contribution in [0.15, 0.2) is 12.1 Å². The lowest BCUT2D eigenvalue weighted by Gasteiger charge is -1.99. The fourth-order valence-corrected chi connectivity index (χ4v) is 1.44. The van der Waals surface area contributed by atoms with E-state index in [0.717, 1.165) is 6.07 Å². The third kappa shape index (κ3) is 1.95. The number of carboxylic acid groups (broad SMARTS) is 1. The van der Waals surface area contributed by atoms with Crippen LogP contribution >= 0.6 is 22.6 Å². The van der Waals surface area contributed by atoms with Crippen LogP contribution in [0.25, 0.3) is 0 Å². The predicted octanol–water partition coefficient (Wildman–Crippen LogP) is 2.00.